The van der Waals surface area contributed by atoms with Gasteiger partial charge in [-0.05, 0) is 26.0 Å². The van der Waals surface area contributed by atoms with Crippen LogP contribution in [0.5, 0.6) is 0 Å². The molecule has 2 bridgehead atoms. The van der Waals surface area contributed by atoms with Crippen molar-refractivity contribution in [3.05, 3.63) is 33.3 Å². The summed E-state index contributed by atoms with van der Waals surface area (Å²) in [6.07, 6.45) is 2.02. The van der Waals surface area contributed by atoms with Crippen LogP contribution in [0.3, 0.4) is 0 Å². The highest BCUT2D eigenvalue weighted by atomic mass is 35.5. The number of nitro groups is 1. The lowest BCUT2D eigenvalue weighted by molar-refractivity contribution is -0.384. The maximum absolute atomic E-state index is 12.5. The van der Waals surface area contributed by atoms with Crippen LogP contribution in [0.15, 0.2) is 18.2 Å². The highest BCUT2D eigenvalue weighted by molar-refractivity contribution is 6.33. The molecule has 0 aliphatic carbocycles. The molecule has 7 nitrogen and oxygen atoms in total. The van der Waals surface area contributed by atoms with Gasteiger partial charge in [-0.25, -0.2) is 4.79 Å². The number of likely N-dealkylation sites (N-methyl/N-ethyl adjacent to an activating group) is 1. The summed E-state index contributed by atoms with van der Waals surface area (Å²) in [5, 5.41) is 13.7. The number of carbonyl (C=O) groups excluding carboxylic acids is 1. The number of rotatable bonds is 2. The fourth-order valence-corrected chi connectivity index (χ4v) is 3.57. The van der Waals surface area contributed by atoms with Crippen LogP contribution in [0.1, 0.15) is 12.8 Å². The van der Waals surface area contributed by atoms with Gasteiger partial charge in [0.05, 0.1) is 15.6 Å². The molecular formula is C14H17ClN4O3. The number of nitrogens with zero attached hydrogens (tertiary/aromatic N) is 3. The smallest absolute Gasteiger partial charge is 0.316 e. The van der Waals surface area contributed by atoms with Crippen molar-refractivity contribution in [2.24, 2.45) is 0 Å². The summed E-state index contributed by atoms with van der Waals surface area (Å²) in [5.41, 5.74) is 0.304. The number of likely N-dealkylation sites (tertiary alicyclic amines) is 1. The molecular weight excluding hydrogens is 308 g/mol. The van der Waals surface area contributed by atoms with Crippen molar-refractivity contribution in [2.75, 3.05) is 25.5 Å². The molecule has 2 atom stereocenters. The van der Waals surface area contributed by atoms with Gasteiger partial charge in [0.25, 0.3) is 5.69 Å². The lowest BCUT2D eigenvalue weighted by Gasteiger charge is -2.39. The third kappa shape index (κ3) is 2.74. The molecule has 2 fully saturated rings. The van der Waals surface area contributed by atoms with Gasteiger partial charge in [-0.1, -0.05) is 11.6 Å². The van der Waals surface area contributed by atoms with E-state index in [1.165, 1.54) is 18.2 Å². The van der Waals surface area contributed by atoms with E-state index in [1.807, 2.05) is 4.90 Å². The molecule has 2 unspecified atom stereocenters. The standard InChI is InChI=1S/C14H17ClN4O3/c1-17-7-10-2-3-11(8-17)18(10)14(20)16-13-5-4-9(19(21)22)6-12(13)15/h4-6,10-11H,2-3,7-8H2,1H3,(H,16,20). The molecule has 118 valence electrons. The fraction of sp³-hybridized carbons (Fsp3) is 0.500. The average molecular weight is 325 g/mol. The lowest BCUT2D eigenvalue weighted by Crippen LogP contribution is -2.55. The quantitative estimate of drug-likeness (QED) is 0.670. The fourth-order valence-electron chi connectivity index (χ4n) is 3.34. The van der Waals surface area contributed by atoms with Crippen LogP contribution in [-0.4, -0.2) is 53.0 Å². The molecule has 2 heterocycles. The summed E-state index contributed by atoms with van der Waals surface area (Å²) < 4.78 is 0. The third-order valence-electron chi connectivity index (χ3n) is 4.30. The first-order chi connectivity index (χ1) is 10.5. The van der Waals surface area contributed by atoms with Gasteiger partial charge in [-0.2, -0.15) is 0 Å². The zero-order chi connectivity index (χ0) is 15.9. The van der Waals surface area contributed by atoms with Gasteiger partial charge in [0, 0.05) is 37.3 Å². The van der Waals surface area contributed by atoms with E-state index in [9.17, 15) is 14.9 Å². The first-order valence-corrected chi connectivity index (χ1v) is 7.55. The van der Waals surface area contributed by atoms with Crippen LogP contribution in [0, 0.1) is 10.1 Å². The molecule has 1 N–H and O–H groups in total. The van der Waals surface area contributed by atoms with Crippen LogP contribution in [0.4, 0.5) is 16.2 Å². The van der Waals surface area contributed by atoms with Gasteiger partial charge in [0.2, 0.25) is 0 Å². The third-order valence-corrected chi connectivity index (χ3v) is 4.62. The molecule has 2 aliphatic heterocycles. The second-order valence-corrected chi connectivity index (χ2v) is 6.27. The normalized spacial score (nSPS) is 24.4. The average Bonchev–Trinajstić information content (AvgIpc) is 2.73. The van der Waals surface area contributed by atoms with Crippen LogP contribution < -0.4 is 5.32 Å². The molecule has 2 saturated heterocycles. The van der Waals surface area contributed by atoms with Crippen molar-refractivity contribution in [2.45, 2.75) is 24.9 Å². The van der Waals surface area contributed by atoms with Gasteiger partial charge in [0.1, 0.15) is 0 Å². The van der Waals surface area contributed by atoms with Crippen molar-refractivity contribution < 1.29 is 9.72 Å². The summed E-state index contributed by atoms with van der Waals surface area (Å²) in [5.74, 6) is 0. The summed E-state index contributed by atoms with van der Waals surface area (Å²) in [7, 11) is 2.06. The number of nitrogens with one attached hydrogen (secondary N) is 1. The SMILES string of the molecule is CN1CC2CCC(C1)N2C(=O)Nc1ccc([N+](=O)[O-])cc1Cl. The molecule has 3 rings (SSSR count). The number of fused-ring (bicyclic) bond motifs is 2. The van der Waals surface area contributed by atoms with Crippen molar-refractivity contribution in [3.63, 3.8) is 0 Å². The number of piperazine rings is 1. The van der Waals surface area contributed by atoms with E-state index in [4.69, 9.17) is 11.6 Å². The van der Waals surface area contributed by atoms with E-state index in [0.29, 0.717) is 5.69 Å². The van der Waals surface area contributed by atoms with Crippen molar-refractivity contribution in [1.82, 2.24) is 9.80 Å². The van der Waals surface area contributed by atoms with Crippen molar-refractivity contribution in [3.8, 4) is 0 Å². The van der Waals surface area contributed by atoms with Crippen molar-refractivity contribution in [1.29, 1.82) is 0 Å². The number of nitro benzene ring substituents is 1. The van der Waals surface area contributed by atoms with E-state index in [1.54, 1.807) is 0 Å². The highest BCUT2D eigenvalue weighted by Crippen LogP contribution is 2.32. The van der Waals surface area contributed by atoms with E-state index < -0.39 is 4.92 Å². The minimum atomic E-state index is -0.516. The first-order valence-electron chi connectivity index (χ1n) is 7.17. The van der Waals surface area contributed by atoms with Gasteiger partial charge in [0.15, 0.2) is 0 Å². The number of halogens is 1. The molecule has 8 heteroatoms. The Morgan fingerprint density at radius 2 is 2.00 bits per heavy atom. The number of hydrogen-bond donors (Lipinski definition) is 1. The number of anilines is 1. The van der Waals surface area contributed by atoms with Gasteiger partial charge in [-0.3, -0.25) is 10.1 Å². The number of amides is 2. The molecule has 0 radical (unpaired) electrons. The summed E-state index contributed by atoms with van der Waals surface area (Å²) >= 11 is 6.02. The van der Waals surface area contributed by atoms with Crippen LogP contribution >= 0.6 is 11.6 Å². The highest BCUT2D eigenvalue weighted by Gasteiger charge is 2.41. The largest absolute Gasteiger partial charge is 0.322 e. The molecule has 2 amide bonds. The summed E-state index contributed by atoms with van der Waals surface area (Å²) in [4.78, 5) is 26.8. The molecule has 0 spiro atoms. The van der Waals surface area contributed by atoms with E-state index in [-0.39, 0.29) is 28.8 Å². The Kier molecular flexibility index (Phi) is 3.92. The van der Waals surface area contributed by atoms with Gasteiger partial charge >= 0.3 is 6.03 Å². The maximum atomic E-state index is 12.5. The molecule has 2 aliphatic rings. The second-order valence-electron chi connectivity index (χ2n) is 5.86. The van der Waals surface area contributed by atoms with Crippen molar-refractivity contribution >= 4 is 29.0 Å². The van der Waals surface area contributed by atoms with E-state index in [2.05, 4.69) is 17.3 Å². The molecule has 0 aromatic heterocycles. The molecule has 0 saturated carbocycles. The van der Waals surface area contributed by atoms with E-state index in [0.717, 1.165) is 25.9 Å². The number of non-ortho nitro benzene ring substituents is 1. The monoisotopic (exact) mass is 324 g/mol. The molecule has 22 heavy (non-hydrogen) atoms. The zero-order valence-electron chi connectivity index (χ0n) is 12.2. The van der Waals surface area contributed by atoms with Gasteiger partial charge < -0.3 is 15.1 Å². The zero-order valence-corrected chi connectivity index (χ0v) is 12.9. The molecule has 1 aromatic rings. The Bertz CT molecular complexity index is 610. The van der Waals surface area contributed by atoms with Crippen LogP contribution in [-0.2, 0) is 0 Å². The number of carbonyl (C=O) groups is 1. The number of hydrogen-bond acceptors (Lipinski definition) is 4. The summed E-state index contributed by atoms with van der Waals surface area (Å²) in [6, 6.07) is 4.31. The van der Waals surface area contributed by atoms with Crippen LogP contribution in [0.25, 0.3) is 0 Å². The minimum Gasteiger partial charge on any atom is -0.316 e. The van der Waals surface area contributed by atoms with Gasteiger partial charge in [-0.15, -0.1) is 0 Å². The molecule has 1 aromatic carbocycles. The maximum Gasteiger partial charge on any atom is 0.322 e. The second kappa shape index (κ2) is 5.73. The Morgan fingerprint density at radius 1 is 1.36 bits per heavy atom. The Morgan fingerprint density at radius 3 is 2.55 bits per heavy atom. The number of urea groups is 1. The predicted octanol–water partition coefficient (Wildman–Crippen LogP) is 2.56. The van der Waals surface area contributed by atoms with E-state index >= 15 is 0 Å². The van der Waals surface area contributed by atoms with Crippen LogP contribution in [0.2, 0.25) is 5.02 Å². The Labute approximate surface area is 133 Å². The Hall–Kier alpha value is -1.86. The minimum absolute atomic E-state index is 0.0948. The first kappa shape index (κ1) is 15.1. The summed E-state index contributed by atoms with van der Waals surface area (Å²) in [6.45, 7) is 1.75. The Balaban J connectivity index is 1.74. The number of benzene rings is 1. The topological polar surface area (TPSA) is 78.7 Å². The lowest BCUT2D eigenvalue weighted by atomic mass is 10.2. The predicted molar refractivity (Wildman–Crippen MR) is 83.3 cm³/mol.